The van der Waals surface area contributed by atoms with Gasteiger partial charge in [-0.25, -0.2) is 0 Å². The summed E-state index contributed by atoms with van der Waals surface area (Å²) in [5.41, 5.74) is 6.13. The molecule has 7 heteroatoms. The fourth-order valence-corrected chi connectivity index (χ4v) is 2.49. The van der Waals surface area contributed by atoms with E-state index in [9.17, 15) is 10.1 Å². The lowest BCUT2D eigenvalue weighted by atomic mass is 10.1. The molecular weight excluding hydrogens is 277 g/mol. The summed E-state index contributed by atoms with van der Waals surface area (Å²) in [7, 11) is 0. The summed E-state index contributed by atoms with van der Waals surface area (Å²) in [5.74, 6) is 0.374. The highest BCUT2D eigenvalue weighted by atomic mass is 35.5. The molecule has 0 aliphatic carbocycles. The predicted molar refractivity (Wildman–Crippen MR) is 72.5 cm³/mol. The number of hydrogen-bond donors (Lipinski definition) is 1. The van der Waals surface area contributed by atoms with Gasteiger partial charge >= 0.3 is 0 Å². The molecule has 1 saturated heterocycles. The Hall–Kier alpha value is -1.04. The number of benzene rings is 1. The minimum Gasteiger partial charge on any atom is -0.366 e. The molecular formula is C11H13Cl2N3O2. The first-order valence-corrected chi connectivity index (χ1v) is 6.37. The lowest BCUT2D eigenvalue weighted by molar-refractivity contribution is -0.384. The third-order valence-electron chi connectivity index (χ3n) is 3.17. The van der Waals surface area contributed by atoms with Crippen molar-refractivity contribution in [1.29, 1.82) is 0 Å². The molecule has 2 N–H and O–H groups in total. The first-order chi connectivity index (χ1) is 8.52. The van der Waals surface area contributed by atoms with Gasteiger partial charge in [-0.3, -0.25) is 10.1 Å². The summed E-state index contributed by atoms with van der Waals surface area (Å²) in [5, 5.41) is 11.6. The van der Waals surface area contributed by atoms with Crippen LogP contribution in [-0.2, 0) is 0 Å². The van der Waals surface area contributed by atoms with Crippen LogP contribution in [0, 0.1) is 16.0 Å². The van der Waals surface area contributed by atoms with Crippen LogP contribution in [0.25, 0.3) is 0 Å². The Balaban J connectivity index is 2.37. The van der Waals surface area contributed by atoms with Crippen LogP contribution in [0.5, 0.6) is 0 Å². The van der Waals surface area contributed by atoms with Crippen LogP contribution >= 0.6 is 23.2 Å². The van der Waals surface area contributed by atoms with Crippen LogP contribution in [0.3, 0.4) is 0 Å². The van der Waals surface area contributed by atoms with E-state index < -0.39 is 4.92 Å². The van der Waals surface area contributed by atoms with E-state index >= 15 is 0 Å². The Labute approximate surface area is 115 Å². The van der Waals surface area contributed by atoms with E-state index in [-0.39, 0.29) is 10.7 Å². The molecule has 0 saturated carbocycles. The third-order valence-corrected chi connectivity index (χ3v) is 3.90. The minimum absolute atomic E-state index is 0.0120. The van der Waals surface area contributed by atoms with Crippen molar-refractivity contribution in [2.24, 2.45) is 11.7 Å². The summed E-state index contributed by atoms with van der Waals surface area (Å²) in [6.45, 7) is 2.06. The Morgan fingerprint density at radius 1 is 1.44 bits per heavy atom. The third kappa shape index (κ3) is 2.53. The molecule has 18 heavy (non-hydrogen) atoms. The fraction of sp³-hybridized carbons (Fsp3) is 0.455. The van der Waals surface area contributed by atoms with Crippen molar-refractivity contribution in [1.82, 2.24) is 0 Å². The number of rotatable bonds is 3. The van der Waals surface area contributed by atoms with E-state index in [1.165, 1.54) is 6.07 Å². The highest BCUT2D eigenvalue weighted by molar-refractivity contribution is 6.42. The molecule has 2 rings (SSSR count). The Kier molecular flexibility index (Phi) is 3.94. The van der Waals surface area contributed by atoms with E-state index in [0.717, 1.165) is 19.5 Å². The molecule has 0 radical (unpaired) electrons. The molecule has 0 bridgehead atoms. The van der Waals surface area contributed by atoms with Gasteiger partial charge in [-0.15, -0.1) is 0 Å². The molecule has 1 aliphatic rings. The van der Waals surface area contributed by atoms with E-state index in [1.54, 1.807) is 6.07 Å². The monoisotopic (exact) mass is 289 g/mol. The second-order valence-corrected chi connectivity index (χ2v) is 5.16. The average Bonchev–Trinajstić information content (AvgIpc) is 2.80. The lowest BCUT2D eigenvalue weighted by Crippen LogP contribution is -2.23. The van der Waals surface area contributed by atoms with Gasteiger partial charge in [-0.05, 0) is 24.9 Å². The van der Waals surface area contributed by atoms with E-state index in [0.29, 0.717) is 23.2 Å². The molecule has 98 valence electrons. The van der Waals surface area contributed by atoms with Gasteiger partial charge in [0.25, 0.3) is 5.69 Å². The molecule has 1 aliphatic heterocycles. The molecule has 0 amide bonds. The Bertz CT molecular complexity index is 482. The summed E-state index contributed by atoms with van der Waals surface area (Å²) in [4.78, 5) is 12.6. The lowest BCUT2D eigenvalue weighted by Gasteiger charge is -2.19. The largest absolute Gasteiger partial charge is 0.366 e. The summed E-state index contributed by atoms with van der Waals surface area (Å²) in [6, 6.07) is 2.86. The molecule has 1 unspecified atom stereocenters. The van der Waals surface area contributed by atoms with Crippen molar-refractivity contribution in [2.75, 3.05) is 24.5 Å². The van der Waals surface area contributed by atoms with Crippen molar-refractivity contribution in [3.8, 4) is 0 Å². The highest BCUT2D eigenvalue weighted by Gasteiger charge is 2.27. The van der Waals surface area contributed by atoms with Crippen molar-refractivity contribution in [3.05, 3.63) is 32.3 Å². The topological polar surface area (TPSA) is 72.4 Å². The van der Waals surface area contributed by atoms with Crippen LogP contribution in [0.15, 0.2) is 12.1 Å². The van der Waals surface area contributed by atoms with Gasteiger partial charge in [-0.1, -0.05) is 23.2 Å². The van der Waals surface area contributed by atoms with Gasteiger partial charge < -0.3 is 10.6 Å². The van der Waals surface area contributed by atoms with E-state index in [1.807, 2.05) is 4.90 Å². The van der Waals surface area contributed by atoms with Crippen molar-refractivity contribution in [2.45, 2.75) is 6.42 Å². The Morgan fingerprint density at radius 3 is 2.67 bits per heavy atom. The van der Waals surface area contributed by atoms with Crippen molar-refractivity contribution < 1.29 is 4.92 Å². The summed E-state index contributed by atoms with van der Waals surface area (Å²) < 4.78 is 0. The van der Waals surface area contributed by atoms with Gasteiger partial charge in [0.15, 0.2) is 0 Å². The number of anilines is 1. The van der Waals surface area contributed by atoms with Crippen LogP contribution in [0.2, 0.25) is 10.0 Å². The molecule has 5 nitrogen and oxygen atoms in total. The van der Waals surface area contributed by atoms with Gasteiger partial charge in [0.05, 0.1) is 15.0 Å². The van der Waals surface area contributed by atoms with Crippen molar-refractivity contribution >= 4 is 34.6 Å². The van der Waals surface area contributed by atoms with Crippen LogP contribution in [0.1, 0.15) is 6.42 Å². The van der Waals surface area contributed by atoms with Gasteiger partial charge in [0.1, 0.15) is 5.69 Å². The molecule has 1 aromatic rings. The molecule has 1 atom stereocenters. The second kappa shape index (κ2) is 5.30. The number of nitrogens with zero attached hydrogens (tertiary/aromatic N) is 2. The number of nitro groups is 1. The zero-order valence-electron chi connectivity index (χ0n) is 9.60. The normalized spacial score (nSPS) is 19.3. The first kappa shape index (κ1) is 13.4. The molecule has 0 spiro atoms. The SMILES string of the molecule is NCC1CCN(c2cc(Cl)c(Cl)cc2[N+](=O)[O-])C1. The smallest absolute Gasteiger partial charge is 0.294 e. The van der Waals surface area contributed by atoms with Crippen LogP contribution in [0.4, 0.5) is 11.4 Å². The van der Waals surface area contributed by atoms with Crippen LogP contribution < -0.4 is 10.6 Å². The number of halogens is 2. The quantitative estimate of drug-likeness (QED) is 0.686. The van der Waals surface area contributed by atoms with Gasteiger partial charge in [-0.2, -0.15) is 0 Å². The highest BCUT2D eigenvalue weighted by Crippen LogP contribution is 2.38. The van der Waals surface area contributed by atoms with Gasteiger partial charge in [0.2, 0.25) is 0 Å². The van der Waals surface area contributed by atoms with Crippen molar-refractivity contribution in [3.63, 3.8) is 0 Å². The maximum atomic E-state index is 11.0. The summed E-state index contributed by atoms with van der Waals surface area (Å²) in [6.07, 6.45) is 0.938. The zero-order valence-corrected chi connectivity index (χ0v) is 11.1. The van der Waals surface area contributed by atoms with E-state index in [4.69, 9.17) is 28.9 Å². The number of hydrogen-bond acceptors (Lipinski definition) is 4. The van der Waals surface area contributed by atoms with Crippen LogP contribution in [-0.4, -0.2) is 24.6 Å². The standard InChI is InChI=1S/C11H13Cl2N3O2/c12-8-3-10(11(16(17)18)4-9(8)13)15-2-1-7(5-14)6-15/h3-4,7H,1-2,5-6,14H2. The van der Waals surface area contributed by atoms with Gasteiger partial charge in [0, 0.05) is 19.2 Å². The summed E-state index contributed by atoms with van der Waals surface area (Å²) >= 11 is 11.8. The number of nitro benzene ring substituents is 1. The Morgan fingerprint density at radius 2 is 2.11 bits per heavy atom. The zero-order chi connectivity index (χ0) is 13.3. The second-order valence-electron chi connectivity index (χ2n) is 4.35. The molecule has 1 fully saturated rings. The average molecular weight is 290 g/mol. The van der Waals surface area contributed by atoms with E-state index in [2.05, 4.69) is 0 Å². The fourth-order valence-electron chi connectivity index (χ4n) is 2.17. The predicted octanol–water partition coefficient (Wildman–Crippen LogP) is 2.69. The molecule has 1 aromatic carbocycles. The molecule has 0 aromatic heterocycles. The number of nitrogens with two attached hydrogens (primary N) is 1. The maximum absolute atomic E-state index is 11.0. The molecule has 1 heterocycles. The maximum Gasteiger partial charge on any atom is 0.294 e. The first-order valence-electron chi connectivity index (χ1n) is 5.61. The minimum atomic E-state index is -0.437.